The van der Waals surface area contributed by atoms with Crippen molar-refractivity contribution < 1.29 is 14.3 Å². The molecule has 4 nitrogen and oxygen atoms in total. The molecule has 1 fully saturated rings. The van der Waals surface area contributed by atoms with Gasteiger partial charge in [0.1, 0.15) is 12.4 Å². The molecule has 36 heavy (non-hydrogen) atoms. The SMILES string of the molecule is O=C1S/C(=C\c2cc(Br)ccc2OCc2ccc(Cl)cc2Cl)C(=O)N1Cc1ccc2ccccc2c1. The summed E-state index contributed by atoms with van der Waals surface area (Å²) in [6.07, 6.45) is 1.69. The molecule has 1 heterocycles. The molecule has 0 radical (unpaired) electrons. The molecule has 1 aliphatic heterocycles. The van der Waals surface area contributed by atoms with Crippen LogP contribution < -0.4 is 4.74 Å². The van der Waals surface area contributed by atoms with Crippen LogP contribution in [0.1, 0.15) is 16.7 Å². The molecule has 0 N–H and O–H groups in total. The Labute approximate surface area is 231 Å². The van der Waals surface area contributed by atoms with Crippen molar-refractivity contribution in [3.63, 3.8) is 0 Å². The highest BCUT2D eigenvalue weighted by molar-refractivity contribution is 9.10. The first kappa shape index (κ1) is 24.9. The number of halogens is 3. The van der Waals surface area contributed by atoms with Gasteiger partial charge >= 0.3 is 0 Å². The lowest BCUT2D eigenvalue weighted by molar-refractivity contribution is -0.123. The fraction of sp³-hybridized carbons (Fsp3) is 0.0714. The molecule has 180 valence electrons. The summed E-state index contributed by atoms with van der Waals surface area (Å²) in [4.78, 5) is 27.5. The summed E-state index contributed by atoms with van der Waals surface area (Å²) in [5, 5.41) is 2.93. The lowest BCUT2D eigenvalue weighted by atomic mass is 10.1. The Morgan fingerprint density at radius 1 is 0.917 bits per heavy atom. The minimum Gasteiger partial charge on any atom is -0.488 e. The van der Waals surface area contributed by atoms with Crippen molar-refractivity contribution in [3.05, 3.63) is 115 Å². The standard InChI is InChI=1S/C28H18BrCl2NO3S/c29-22-8-10-25(35-16-20-7-9-23(30)14-24(20)31)21(12-22)13-26-27(33)32(28(34)36-26)15-17-5-6-18-3-1-2-4-19(18)11-17/h1-14H,15-16H2/b26-13-. The second kappa shape index (κ2) is 10.7. The van der Waals surface area contributed by atoms with Gasteiger partial charge in [0.2, 0.25) is 0 Å². The topological polar surface area (TPSA) is 46.6 Å². The normalized spacial score (nSPS) is 14.8. The van der Waals surface area contributed by atoms with Crippen molar-refractivity contribution in [2.24, 2.45) is 0 Å². The first-order chi connectivity index (χ1) is 17.4. The van der Waals surface area contributed by atoms with E-state index in [1.807, 2.05) is 54.6 Å². The Kier molecular flexibility index (Phi) is 7.39. The molecule has 1 saturated heterocycles. The third kappa shape index (κ3) is 5.47. The van der Waals surface area contributed by atoms with Crippen molar-refractivity contribution in [1.82, 2.24) is 4.90 Å². The van der Waals surface area contributed by atoms with Gasteiger partial charge in [0.15, 0.2) is 0 Å². The molecule has 8 heteroatoms. The zero-order chi connectivity index (χ0) is 25.2. The second-order valence-electron chi connectivity index (χ2n) is 8.16. The number of carbonyl (C=O) groups excluding carboxylic acids is 2. The van der Waals surface area contributed by atoms with E-state index in [-0.39, 0.29) is 24.3 Å². The summed E-state index contributed by atoms with van der Waals surface area (Å²) < 4.78 is 6.84. The Bertz CT molecular complexity index is 1540. The van der Waals surface area contributed by atoms with Crippen molar-refractivity contribution in [2.45, 2.75) is 13.2 Å². The third-order valence-corrected chi connectivity index (χ3v) is 7.67. The van der Waals surface area contributed by atoms with E-state index in [2.05, 4.69) is 15.9 Å². The number of imide groups is 1. The van der Waals surface area contributed by atoms with Crippen LogP contribution in [0.25, 0.3) is 16.8 Å². The van der Waals surface area contributed by atoms with Crippen LogP contribution in [0.15, 0.2) is 88.2 Å². The van der Waals surface area contributed by atoms with E-state index >= 15 is 0 Å². The molecule has 0 aromatic heterocycles. The van der Waals surface area contributed by atoms with Crippen LogP contribution in [0.3, 0.4) is 0 Å². The van der Waals surface area contributed by atoms with Crippen LogP contribution in [0.2, 0.25) is 10.0 Å². The molecule has 1 aliphatic rings. The van der Waals surface area contributed by atoms with Gasteiger partial charge in [-0.2, -0.15) is 0 Å². The van der Waals surface area contributed by atoms with E-state index in [4.69, 9.17) is 27.9 Å². The van der Waals surface area contributed by atoms with Crippen molar-refractivity contribution >= 4 is 78.9 Å². The van der Waals surface area contributed by atoms with Crippen molar-refractivity contribution in [1.29, 1.82) is 0 Å². The molecular formula is C28H18BrCl2NO3S. The van der Waals surface area contributed by atoms with Crippen LogP contribution >= 0.6 is 50.9 Å². The number of rotatable bonds is 6. The van der Waals surface area contributed by atoms with Gasteiger partial charge in [-0.25, -0.2) is 0 Å². The summed E-state index contributed by atoms with van der Waals surface area (Å²) in [7, 11) is 0. The van der Waals surface area contributed by atoms with Crippen molar-refractivity contribution in [3.8, 4) is 5.75 Å². The lowest BCUT2D eigenvalue weighted by Crippen LogP contribution is -2.27. The summed E-state index contributed by atoms with van der Waals surface area (Å²) in [5.74, 6) is 0.232. The minimum atomic E-state index is -0.329. The van der Waals surface area contributed by atoms with Gasteiger partial charge in [-0.05, 0) is 70.6 Å². The Hall–Kier alpha value is -2.77. The van der Waals surface area contributed by atoms with Gasteiger partial charge in [0.25, 0.3) is 11.1 Å². The molecule has 5 rings (SSSR count). The van der Waals surface area contributed by atoms with E-state index in [0.717, 1.165) is 38.1 Å². The number of thioether (sulfide) groups is 1. The van der Waals surface area contributed by atoms with Crippen LogP contribution in [0.4, 0.5) is 4.79 Å². The van der Waals surface area contributed by atoms with Crippen LogP contribution in [-0.4, -0.2) is 16.0 Å². The molecule has 0 unspecified atom stereocenters. The average molecular weight is 599 g/mol. The van der Waals surface area contributed by atoms with Gasteiger partial charge in [-0.3, -0.25) is 14.5 Å². The molecule has 4 aromatic carbocycles. The predicted octanol–water partition coefficient (Wildman–Crippen LogP) is 8.72. The number of ether oxygens (including phenoxy) is 1. The number of hydrogen-bond donors (Lipinski definition) is 0. The van der Waals surface area contributed by atoms with E-state index in [1.165, 1.54) is 4.90 Å². The van der Waals surface area contributed by atoms with E-state index in [0.29, 0.717) is 26.3 Å². The van der Waals surface area contributed by atoms with Gasteiger partial charge in [-0.1, -0.05) is 81.6 Å². The van der Waals surface area contributed by atoms with Gasteiger partial charge in [0, 0.05) is 25.6 Å². The zero-order valence-corrected chi connectivity index (χ0v) is 22.6. The monoisotopic (exact) mass is 597 g/mol. The summed E-state index contributed by atoms with van der Waals surface area (Å²) in [6.45, 7) is 0.436. The van der Waals surface area contributed by atoms with E-state index < -0.39 is 0 Å². The van der Waals surface area contributed by atoms with Gasteiger partial charge < -0.3 is 4.74 Å². The third-order valence-electron chi connectivity index (χ3n) is 5.68. The highest BCUT2D eigenvalue weighted by Crippen LogP contribution is 2.36. The molecule has 0 bridgehead atoms. The van der Waals surface area contributed by atoms with Crippen LogP contribution in [0.5, 0.6) is 5.75 Å². The molecule has 0 atom stereocenters. The zero-order valence-electron chi connectivity index (χ0n) is 18.7. The number of amides is 2. The Morgan fingerprint density at radius 2 is 1.72 bits per heavy atom. The number of carbonyl (C=O) groups is 2. The fourth-order valence-corrected chi connectivity index (χ4v) is 5.53. The summed E-state index contributed by atoms with van der Waals surface area (Å²) >= 11 is 16.7. The van der Waals surface area contributed by atoms with Gasteiger partial charge in [-0.15, -0.1) is 0 Å². The van der Waals surface area contributed by atoms with E-state index in [9.17, 15) is 9.59 Å². The fourth-order valence-electron chi connectivity index (χ4n) is 3.86. The predicted molar refractivity (Wildman–Crippen MR) is 150 cm³/mol. The number of hydrogen-bond acceptors (Lipinski definition) is 4. The molecule has 2 amide bonds. The molecule has 0 spiro atoms. The number of fused-ring (bicyclic) bond motifs is 1. The number of benzene rings is 4. The Balaban J connectivity index is 1.37. The summed E-state index contributed by atoms with van der Waals surface area (Å²) in [5.41, 5.74) is 2.35. The maximum atomic E-state index is 13.2. The average Bonchev–Trinajstić information content (AvgIpc) is 3.11. The molecule has 0 aliphatic carbocycles. The molecule has 0 saturated carbocycles. The molecule has 4 aromatic rings. The smallest absolute Gasteiger partial charge is 0.293 e. The minimum absolute atomic E-state index is 0.212. The number of nitrogens with zero attached hydrogens (tertiary/aromatic N) is 1. The first-order valence-electron chi connectivity index (χ1n) is 11.0. The first-order valence-corrected chi connectivity index (χ1v) is 13.3. The second-order valence-corrected chi connectivity index (χ2v) is 10.9. The van der Waals surface area contributed by atoms with E-state index in [1.54, 1.807) is 30.3 Å². The molecular weight excluding hydrogens is 581 g/mol. The maximum absolute atomic E-state index is 13.2. The highest BCUT2D eigenvalue weighted by atomic mass is 79.9. The van der Waals surface area contributed by atoms with Gasteiger partial charge in [0.05, 0.1) is 11.4 Å². The quantitative estimate of drug-likeness (QED) is 0.208. The van der Waals surface area contributed by atoms with Crippen LogP contribution in [0, 0.1) is 0 Å². The van der Waals surface area contributed by atoms with Crippen LogP contribution in [-0.2, 0) is 17.9 Å². The largest absolute Gasteiger partial charge is 0.488 e. The Morgan fingerprint density at radius 3 is 2.53 bits per heavy atom. The highest BCUT2D eigenvalue weighted by Gasteiger charge is 2.35. The lowest BCUT2D eigenvalue weighted by Gasteiger charge is -2.13. The van der Waals surface area contributed by atoms with Crippen molar-refractivity contribution in [2.75, 3.05) is 0 Å². The summed E-state index contributed by atoms with van der Waals surface area (Å²) in [6, 6.07) is 24.6. The maximum Gasteiger partial charge on any atom is 0.293 e.